The first-order valence-corrected chi connectivity index (χ1v) is 10.0. The number of hydrogen-bond donors (Lipinski definition) is 0. The zero-order valence-corrected chi connectivity index (χ0v) is 16.9. The van der Waals surface area contributed by atoms with Gasteiger partial charge >= 0.3 is 0 Å². The fourth-order valence-corrected chi connectivity index (χ4v) is 4.12. The van der Waals surface area contributed by atoms with E-state index in [0.29, 0.717) is 19.5 Å². The summed E-state index contributed by atoms with van der Waals surface area (Å²) in [5.74, 6) is 0.0722. The third kappa shape index (κ3) is 3.96. The number of methoxy groups -OCH3 is 1. The molecule has 5 nitrogen and oxygen atoms in total. The lowest BCUT2D eigenvalue weighted by Crippen LogP contribution is -2.49. The van der Waals surface area contributed by atoms with Crippen LogP contribution in [-0.4, -0.2) is 41.7 Å². The quantitative estimate of drug-likeness (QED) is 0.735. The van der Waals surface area contributed by atoms with Crippen molar-refractivity contribution in [2.45, 2.75) is 26.4 Å². The van der Waals surface area contributed by atoms with Crippen LogP contribution < -0.4 is 4.74 Å². The fourth-order valence-electron chi connectivity index (χ4n) is 4.12. The van der Waals surface area contributed by atoms with Crippen LogP contribution in [0, 0.1) is 5.92 Å². The average Bonchev–Trinajstić information content (AvgIpc) is 2.76. The van der Waals surface area contributed by atoms with Gasteiger partial charge in [0.1, 0.15) is 5.75 Å². The summed E-state index contributed by atoms with van der Waals surface area (Å²) in [6.07, 6.45) is 0.692. The molecule has 5 heteroatoms. The summed E-state index contributed by atoms with van der Waals surface area (Å²) in [5.41, 5.74) is 3.96. The van der Waals surface area contributed by atoms with E-state index in [2.05, 4.69) is 17.0 Å². The smallest absolute Gasteiger partial charge is 0.237 e. The van der Waals surface area contributed by atoms with Gasteiger partial charge in [0.15, 0.2) is 5.78 Å². The molecule has 2 aromatic carbocycles. The van der Waals surface area contributed by atoms with E-state index in [-0.39, 0.29) is 11.7 Å². The van der Waals surface area contributed by atoms with E-state index < -0.39 is 5.92 Å². The molecule has 2 heterocycles. The van der Waals surface area contributed by atoms with Crippen molar-refractivity contribution in [1.82, 2.24) is 9.80 Å². The molecule has 0 bridgehead atoms. The van der Waals surface area contributed by atoms with Crippen molar-refractivity contribution in [3.05, 3.63) is 77.0 Å². The van der Waals surface area contributed by atoms with E-state index in [0.717, 1.165) is 35.7 Å². The van der Waals surface area contributed by atoms with Crippen molar-refractivity contribution < 1.29 is 14.3 Å². The summed E-state index contributed by atoms with van der Waals surface area (Å²) >= 11 is 0. The number of ketones is 1. The lowest BCUT2D eigenvalue weighted by molar-refractivity contribution is -0.140. The Kier molecular flexibility index (Phi) is 5.49. The Morgan fingerprint density at radius 1 is 0.966 bits per heavy atom. The number of rotatable bonds is 5. The molecule has 0 aliphatic carbocycles. The molecule has 2 aromatic rings. The Morgan fingerprint density at radius 3 is 2.34 bits per heavy atom. The summed E-state index contributed by atoms with van der Waals surface area (Å²) in [6, 6.07) is 18.0. The molecule has 4 rings (SSSR count). The van der Waals surface area contributed by atoms with Crippen LogP contribution in [0.15, 0.2) is 65.9 Å². The predicted molar refractivity (Wildman–Crippen MR) is 111 cm³/mol. The molecule has 0 N–H and O–H groups in total. The highest BCUT2D eigenvalue weighted by molar-refractivity contribution is 6.13. The monoisotopic (exact) mass is 390 g/mol. The van der Waals surface area contributed by atoms with E-state index in [4.69, 9.17) is 4.74 Å². The number of hydrogen-bond acceptors (Lipinski definition) is 4. The molecular weight excluding hydrogens is 364 g/mol. The third-order valence-corrected chi connectivity index (χ3v) is 5.80. The number of amides is 1. The van der Waals surface area contributed by atoms with Gasteiger partial charge in [-0.3, -0.25) is 14.5 Å². The van der Waals surface area contributed by atoms with E-state index in [1.54, 1.807) is 14.0 Å². The SMILES string of the molecule is COc1ccc(CN2C(=O)C(C)C(=O)C3=C2CN(Cc2ccccc2)CC3)cc1. The van der Waals surface area contributed by atoms with Gasteiger partial charge in [-0.05, 0) is 36.6 Å². The highest BCUT2D eigenvalue weighted by Gasteiger charge is 2.40. The molecule has 2 aliphatic heterocycles. The number of nitrogens with zero attached hydrogens (tertiary/aromatic N) is 2. The molecule has 0 saturated carbocycles. The van der Waals surface area contributed by atoms with Crippen LogP contribution in [0.5, 0.6) is 5.75 Å². The molecule has 2 aliphatic rings. The largest absolute Gasteiger partial charge is 0.497 e. The lowest BCUT2D eigenvalue weighted by Gasteiger charge is -2.40. The highest BCUT2D eigenvalue weighted by Crippen LogP contribution is 2.32. The summed E-state index contributed by atoms with van der Waals surface area (Å²) in [7, 11) is 1.64. The molecule has 0 fully saturated rings. The molecule has 0 saturated heterocycles. The topological polar surface area (TPSA) is 49.9 Å². The maximum Gasteiger partial charge on any atom is 0.237 e. The molecule has 0 spiro atoms. The van der Waals surface area contributed by atoms with E-state index in [1.807, 2.05) is 47.4 Å². The first-order valence-electron chi connectivity index (χ1n) is 10.0. The van der Waals surface area contributed by atoms with Crippen LogP contribution in [-0.2, 0) is 22.7 Å². The first-order chi connectivity index (χ1) is 14.1. The van der Waals surface area contributed by atoms with E-state index >= 15 is 0 Å². The number of benzene rings is 2. The maximum absolute atomic E-state index is 13.0. The average molecular weight is 390 g/mol. The number of carbonyl (C=O) groups is 2. The van der Waals surface area contributed by atoms with Gasteiger partial charge in [-0.25, -0.2) is 0 Å². The Labute approximate surface area is 171 Å². The lowest BCUT2D eigenvalue weighted by atomic mass is 9.87. The van der Waals surface area contributed by atoms with Crippen molar-refractivity contribution in [2.75, 3.05) is 20.2 Å². The minimum atomic E-state index is -0.604. The zero-order valence-electron chi connectivity index (χ0n) is 16.9. The Bertz CT molecular complexity index is 934. The molecule has 1 unspecified atom stereocenters. The molecule has 1 atom stereocenters. The predicted octanol–water partition coefficient (Wildman–Crippen LogP) is 3.40. The Balaban J connectivity index is 1.59. The maximum atomic E-state index is 13.0. The van der Waals surface area contributed by atoms with Crippen LogP contribution in [0.1, 0.15) is 24.5 Å². The van der Waals surface area contributed by atoms with Crippen molar-refractivity contribution in [2.24, 2.45) is 5.92 Å². The first kappa shape index (κ1) is 19.4. The van der Waals surface area contributed by atoms with Gasteiger partial charge in [-0.2, -0.15) is 0 Å². The minimum absolute atomic E-state index is 0.00431. The van der Waals surface area contributed by atoms with Gasteiger partial charge in [0.25, 0.3) is 0 Å². The minimum Gasteiger partial charge on any atom is -0.497 e. The van der Waals surface area contributed by atoms with Gasteiger partial charge in [-0.1, -0.05) is 42.5 Å². The van der Waals surface area contributed by atoms with Crippen LogP contribution >= 0.6 is 0 Å². The van der Waals surface area contributed by atoms with Crippen LogP contribution in [0.2, 0.25) is 0 Å². The molecule has 1 amide bonds. The zero-order chi connectivity index (χ0) is 20.4. The normalized spacial score (nSPS) is 20.1. The second-order valence-corrected chi connectivity index (χ2v) is 7.73. The van der Waals surface area contributed by atoms with Crippen molar-refractivity contribution in [3.63, 3.8) is 0 Å². The van der Waals surface area contributed by atoms with Crippen molar-refractivity contribution in [3.8, 4) is 5.75 Å². The summed E-state index contributed by atoms with van der Waals surface area (Å²) in [6.45, 7) is 4.46. The van der Waals surface area contributed by atoms with E-state index in [9.17, 15) is 9.59 Å². The molecule has 150 valence electrons. The van der Waals surface area contributed by atoms with Gasteiger partial charge in [0, 0.05) is 30.9 Å². The second kappa shape index (κ2) is 8.21. The van der Waals surface area contributed by atoms with Gasteiger partial charge < -0.3 is 9.64 Å². The summed E-state index contributed by atoms with van der Waals surface area (Å²) < 4.78 is 5.23. The van der Waals surface area contributed by atoms with Gasteiger partial charge in [0.05, 0.1) is 19.6 Å². The third-order valence-electron chi connectivity index (χ3n) is 5.80. The number of ether oxygens (including phenoxy) is 1. The molecular formula is C24H26N2O3. The molecule has 0 radical (unpaired) electrons. The Hall–Kier alpha value is -2.92. The summed E-state index contributed by atoms with van der Waals surface area (Å²) in [4.78, 5) is 29.9. The summed E-state index contributed by atoms with van der Waals surface area (Å²) in [5, 5.41) is 0. The van der Waals surface area contributed by atoms with Crippen LogP contribution in [0.4, 0.5) is 0 Å². The van der Waals surface area contributed by atoms with Crippen molar-refractivity contribution in [1.29, 1.82) is 0 Å². The fraction of sp³-hybridized carbons (Fsp3) is 0.333. The second-order valence-electron chi connectivity index (χ2n) is 7.73. The molecule has 0 aromatic heterocycles. The van der Waals surface area contributed by atoms with Crippen LogP contribution in [0.25, 0.3) is 0 Å². The van der Waals surface area contributed by atoms with E-state index in [1.165, 1.54) is 5.56 Å². The molecule has 29 heavy (non-hydrogen) atoms. The van der Waals surface area contributed by atoms with Crippen molar-refractivity contribution >= 4 is 11.7 Å². The van der Waals surface area contributed by atoms with Crippen LogP contribution in [0.3, 0.4) is 0 Å². The number of Topliss-reactive ketones (excluding diaryl/α,β-unsaturated/α-hetero) is 1. The number of carbonyl (C=O) groups excluding carboxylic acids is 2. The Morgan fingerprint density at radius 2 is 1.66 bits per heavy atom. The van der Waals surface area contributed by atoms with Gasteiger partial charge in [0.2, 0.25) is 5.91 Å². The standard InChI is InChI=1S/C24H26N2O3/c1-17-23(27)21-12-13-25(14-18-6-4-3-5-7-18)16-22(21)26(24(17)28)15-19-8-10-20(29-2)11-9-19/h3-11,17H,12-16H2,1-2H3. The van der Waals surface area contributed by atoms with Gasteiger partial charge in [-0.15, -0.1) is 0 Å². The highest BCUT2D eigenvalue weighted by atomic mass is 16.5.